The number of aliphatic imine (C=N–C) groups is 2. The Morgan fingerprint density at radius 2 is 1.08 bits per heavy atom. The normalized spacial score (nSPS) is 11.5. The second-order valence-electron chi connectivity index (χ2n) is 6.07. The molecular formula is C24H26N2. The molecule has 0 aliphatic carbocycles. The minimum atomic E-state index is 1.01. The number of hydrogen-bond acceptors (Lipinski definition) is 2. The summed E-state index contributed by atoms with van der Waals surface area (Å²) in [5, 5.41) is 0. The van der Waals surface area contributed by atoms with E-state index in [0.29, 0.717) is 0 Å². The van der Waals surface area contributed by atoms with Crippen LogP contribution >= 0.6 is 0 Å². The van der Waals surface area contributed by atoms with Gasteiger partial charge >= 0.3 is 0 Å². The summed E-state index contributed by atoms with van der Waals surface area (Å²) < 4.78 is 0. The molecule has 0 atom stereocenters. The van der Waals surface area contributed by atoms with E-state index in [1.165, 1.54) is 16.7 Å². The minimum Gasteiger partial charge on any atom is -0.293 e. The number of rotatable bonds is 3. The predicted molar refractivity (Wildman–Crippen MR) is 114 cm³/mol. The Balaban J connectivity index is 0.000000209. The van der Waals surface area contributed by atoms with Gasteiger partial charge in [-0.3, -0.25) is 9.98 Å². The van der Waals surface area contributed by atoms with Gasteiger partial charge in [0.25, 0.3) is 0 Å². The van der Waals surface area contributed by atoms with Crippen molar-refractivity contribution in [1.82, 2.24) is 0 Å². The van der Waals surface area contributed by atoms with Crippen LogP contribution in [0.1, 0.15) is 30.5 Å². The Bertz CT molecular complexity index is 846. The van der Waals surface area contributed by atoms with Crippen LogP contribution in [0.2, 0.25) is 0 Å². The van der Waals surface area contributed by atoms with E-state index in [1.54, 1.807) is 0 Å². The van der Waals surface area contributed by atoms with Crippen LogP contribution in [0.25, 0.3) is 0 Å². The quantitative estimate of drug-likeness (QED) is 0.502. The molecule has 0 spiro atoms. The van der Waals surface area contributed by atoms with Crippen molar-refractivity contribution in [3.05, 3.63) is 102 Å². The third-order valence-corrected chi connectivity index (χ3v) is 4.05. The fourth-order valence-electron chi connectivity index (χ4n) is 2.37. The fraction of sp³-hybridized carbons (Fsp3) is 0.167. The van der Waals surface area contributed by atoms with E-state index in [0.717, 1.165) is 17.1 Å². The van der Waals surface area contributed by atoms with Gasteiger partial charge in [-0.25, -0.2) is 0 Å². The second-order valence-corrected chi connectivity index (χ2v) is 6.07. The largest absolute Gasteiger partial charge is 0.293 e. The maximum atomic E-state index is 4.59. The summed E-state index contributed by atoms with van der Waals surface area (Å²) in [5.74, 6) is 0. The average Bonchev–Trinajstić information content (AvgIpc) is 2.71. The molecule has 3 rings (SSSR count). The van der Waals surface area contributed by atoms with Crippen molar-refractivity contribution in [3.63, 3.8) is 0 Å². The zero-order valence-corrected chi connectivity index (χ0v) is 16.0. The van der Waals surface area contributed by atoms with Crippen LogP contribution < -0.4 is 0 Å². The van der Waals surface area contributed by atoms with Crippen LogP contribution in [0.4, 0.5) is 5.69 Å². The van der Waals surface area contributed by atoms with E-state index in [-0.39, 0.29) is 0 Å². The van der Waals surface area contributed by atoms with Crippen LogP contribution in [0, 0.1) is 6.92 Å². The second kappa shape index (κ2) is 10.1. The molecule has 0 saturated carbocycles. The van der Waals surface area contributed by atoms with E-state index in [1.807, 2.05) is 69.4 Å². The lowest BCUT2D eigenvalue weighted by atomic mass is 10.1. The summed E-state index contributed by atoms with van der Waals surface area (Å²) in [6, 6.07) is 28.6. The molecule has 0 amide bonds. The maximum absolute atomic E-state index is 4.59. The molecule has 26 heavy (non-hydrogen) atoms. The molecule has 0 fully saturated rings. The van der Waals surface area contributed by atoms with Crippen molar-refractivity contribution in [3.8, 4) is 0 Å². The number of aryl methyl sites for hydroxylation is 1. The first-order valence-corrected chi connectivity index (χ1v) is 8.76. The highest BCUT2D eigenvalue weighted by Crippen LogP contribution is 2.14. The lowest BCUT2D eigenvalue weighted by Crippen LogP contribution is -1.92. The Morgan fingerprint density at radius 3 is 1.54 bits per heavy atom. The van der Waals surface area contributed by atoms with Gasteiger partial charge < -0.3 is 0 Å². The number of benzene rings is 3. The van der Waals surface area contributed by atoms with Crippen molar-refractivity contribution in [2.24, 2.45) is 9.98 Å². The fourth-order valence-corrected chi connectivity index (χ4v) is 2.37. The molecule has 0 bridgehead atoms. The summed E-state index contributed by atoms with van der Waals surface area (Å²) in [4.78, 5) is 8.66. The lowest BCUT2D eigenvalue weighted by molar-refractivity contribution is 1.41. The number of hydrogen-bond donors (Lipinski definition) is 0. The van der Waals surface area contributed by atoms with Crippen LogP contribution in [0.5, 0.6) is 0 Å². The zero-order chi connectivity index (χ0) is 18.8. The monoisotopic (exact) mass is 342 g/mol. The molecule has 0 saturated heterocycles. The molecule has 0 aromatic heterocycles. The van der Waals surface area contributed by atoms with Crippen molar-refractivity contribution in [2.45, 2.75) is 20.8 Å². The summed E-state index contributed by atoms with van der Waals surface area (Å²) in [6.45, 7) is 6.13. The van der Waals surface area contributed by atoms with E-state index >= 15 is 0 Å². The van der Waals surface area contributed by atoms with Crippen molar-refractivity contribution < 1.29 is 0 Å². The van der Waals surface area contributed by atoms with Gasteiger partial charge in [-0.2, -0.15) is 0 Å². The van der Waals surface area contributed by atoms with E-state index in [2.05, 4.69) is 53.3 Å². The summed E-state index contributed by atoms with van der Waals surface area (Å²) in [6.07, 6.45) is 0. The van der Waals surface area contributed by atoms with Gasteiger partial charge in [0.1, 0.15) is 0 Å². The first-order chi connectivity index (χ1) is 12.6. The topological polar surface area (TPSA) is 24.7 Å². The Labute approximate surface area is 157 Å². The van der Waals surface area contributed by atoms with Gasteiger partial charge in [0.05, 0.1) is 5.69 Å². The third-order valence-electron chi connectivity index (χ3n) is 4.05. The van der Waals surface area contributed by atoms with Crippen LogP contribution in [0.3, 0.4) is 0 Å². The first kappa shape index (κ1) is 19.3. The highest BCUT2D eigenvalue weighted by atomic mass is 14.7. The summed E-state index contributed by atoms with van der Waals surface area (Å²) in [7, 11) is 1.81. The van der Waals surface area contributed by atoms with E-state index in [9.17, 15) is 0 Å². The smallest absolute Gasteiger partial charge is 0.0633 e. The number of nitrogens with zero attached hydrogens (tertiary/aromatic N) is 2. The molecule has 2 nitrogen and oxygen atoms in total. The predicted octanol–water partition coefficient (Wildman–Crippen LogP) is 6.26. The molecular weight excluding hydrogens is 316 g/mol. The van der Waals surface area contributed by atoms with Crippen molar-refractivity contribution in [2.75, 3.05) is 7.05 Å². The molecule has 0 aliphatic rings. The molecule has 3 aromatic rings. The maximum Gasteiger partial charge on any atom is 0.0633 e. The van der Waals surface area contributed by atoms with Gasteiger partial charge in [-0.1, -0.05) is 78.4 Å². The molecule has 2 heteroatoms. The van der Waals surface area contributed by atoms with Gasteiger partial charge in [0, 0.05) is 18.5 Å². The van der Waals surface area contributed by atoms with Gasteiger partial charge in [-0.05, 0) is 44.0 Å². The van der Waals surface area contributed by atoms with Crippen molar-refractivity contribution in [1.29, 1.82) is 0 Å². The minimum absolute atomic E-state index is 1.01. The molecule has 0 N–H and O–H groups in total. The lowest BCUT2D eigenvalue weighted by Gasteiger charge is -2.01. The third kappa shape index (κ3) is 6.14. The molecule has 0 radical (unpaired) electrons. The first-order valence-electron chi connectivity index (χ1n) is 8.76. The standard InChI is InChI=1S/C15H15N.C9H11N/c1-12-8-10-15(11-9-12)16-13(2)14-6-4-3-5-7-14;1-8(10-2)9-6-4-3-5-7-9/h3-11H,1-2H3;3-7H,1-2H3. The van der Waals surface area contributed by atoms with Gasteiger partial charge in [-0.15, -0.1) is 0 Å². The molecule has 3 aromatic carbocycles. The Morgan fingerprint density at radius 1 is 0.615 bits per heavy atom. The zero-order valence-electron chi connectivity index (χ0n) is 16.0. The van der Waals surface area contributed by atoms with Crippen molar-refractivity contribution >= 4 is 17.1 Å². The Kier molecular flexibility index (Phi) is 7.50. The van der Waals surface area contributed by atoms with E-state index in [4.69, 9.17) is 0 Å². The average molecular weight is 342 g/mol. The highest BCUT2D eigenvalue weighted by molar-refractivity contribution is 6.00. The molecule has 0 heterocycles. The molecule has 0 aliphatic heterocycles. The van der Waals surface area contributed by atoms with E-state index < -0.39 is 0 Å². The van der Waals surface area contributed by atoms with Crippen LogP contribution in [-0.4, -0.2) is 18.5 Å². The van der Waals surface area contributed by atoms with Gasteiger partial charge in [0.15, 0.2) is 0 Å². The Hall–Kier alpha value is -3.00. The van der Waals surface area contributed by atoms with Crippen LogP contribution in [0.15, 0.2) is 94.9 Å². The molecule has 132 valence electrons. The van der Waals surface area contributed by atoms with Crippen LogP contribution in [-0.2, 0) is 0 Å². The summed E-state index contributed by atoms with van der Waals surface area (Å²) >= 11 is 0. The highest BCUT2D eigenvalue weighted by Gasteiger charge is 1.96. The van der Waals surface area contributed by atoms with Gasteiger partial charge in [0.2, 0.25) is 0 Å². The SMILES string of the molecule is CC(=Nc1ccc(C)cc1)c1ccccc1.CN=C(C)c1ccccc1. The summed E-state index contributed by atoms with van der Waals surface area (Å²) in [5.41, 5.74) is 6.77. The molecule has 0 unspecified atom stereocenters.